The largest absolute Gasteiger partial charge is 0.332 e. The summed E-state index contributed by atoms with van der Waals surface area (Å²) < 4.78 is 21.1. The van der Waals surface area contributed by atoms with E-state index in [-0.39, 0.29) is 28.5 Å². The van der Waals surface area contributed by atoms with Crippen molar-refractivity contribution >= 4 is 22.5 Å². The van der Waals surface area contributed by atoms with Gasteiger partial charge in [0.1, 0.15) is 5.82 Å². The van der Waals surface area contributed by atoms with Gasteiger partial charge in [-0.3, -0.25) is 9.78 Å². The number of nitrogens with one attached hydrogen (secondary N) is 1. The van der Waals surface area contributed by atoms with Gasteiger partial charge >= 0.3 is 0 Å². The molecule has 0 spiro atoms. The Balaban J connectivity index is 1.50. The highest BCUT2D eigenvalue weighted by Gasteiger charge is 2.16. The first-order valence-electron chi connectivity index (χ1n) is 10.7. The summed E-state index contributed by atoms with van der Waals surface area (Å²) in [5.74, 6) is -0.522. The van der Waals surface area contributed by atoms with Crippen LogP contribution >= 0.6 is 0 Å². The van der Waals surface area contributed by atoms with Crippen molar-refractivity contribution in [3.8, 4) is 28.7 Å². The standard InChI is InChI=1S/C26H19FN6O2/c1-14-4-6-18(30-26-31-24(35-32-26)19-7-5-16(12-28)9-22(19)27)11-20(14)21-10-17-13-29-15(2)8-23(17)33(3)25(21)34/h4-11,13H,1-3H3,(H,30,32). The minimum Gasteiger partial charge on any atom is -0.332 e. The molecule has 0 unspecified atom stereocenters. The molecule has 8 nitrogen and oxygen atoms in total. The Bertz CT molecular complexity index is 1710. The van der Waals surface area contributed by atoms with E-state index in [1.807, 2.05) is 50.2 Å². The van der Waals surface area contributed by atoms with E-state index in [4.69, 9.17) is 9.78 Å². The van der Waals surface area contributed by atoms with E-state index in [2.05, 4.69) is 20.4 Å². The van der Waals surface area contributed by atoms with Gasteiger partial charge in [0.05, 0.1) is 22.7 Å². The summed E-state index contributed by atoms with van der Waals surface area (Å²) in [7, 11) is 1.74. The minimum absolute atomic E-state index is 0.0204. The molecule has 3 aromatic heterocycles. The Labute approximate surface area is 199 Å². The van der Waals surface area contributed by atoms with Crippen molar-refractivity contribution < 1.29 is 8.91 Å². The quantitative estimate of drug-likeness (QED) is 0.396. The number of halogens is 1. The number of aryl methyl sites for hydroxylation is 3. The second-order valence-corrected chi connectivity index (χ2v) is 8.19. The number of hydrogen-bond acceptors (Lipinski definition) is 7. The third-order valence-corrected chi connectivity index (χ3v) is 5.78. The molecule has 9 heteroatoms. The molecular weight excluding hydrogens is 447 g/mol. The van der Waals surface area contributed by atoms with E-state index in [0.717, 1.165) is 33.8 Å². The van der Waals surface area contributed by atoms with E-state index in [1.165, 1.54) is 12.1 Å². The number of fused-ring (bicyclic) bond motifs is 1. The Morgan fingerprint density at radius 2 is 1.89 bits per heavy atom. The third-order valence-electron chi connectivity index (χ3n) is 5.78. The maximum Gasteiger partial charge on any atom is 0.268 e. The number of anilines is 2. The fourth-order valence-electron chi connectivity index (χ4n) is 3.92. The number of nitriles is 1. The number of nitrogens with zero attached hydrogens (tertiary/aromatic N) is 5. The van der Waals surface area contributed by atoms with Gasteiger partial charge in [0, 0.05) is 35.6 Å². The fourth-order valence-corrected chi connectivity index (χ4v) is 3.92. The van der Waals surface area contributed by atoms with Crippen LogP contribution in [0.1, 0.15) is 16.8 Å². The van der Waals surface area contributed by atoms with Crippen molar-refractivity contribution in [2.45, 2.75) is 13.8 Å². The van der Waals surface area contributed by atoms with Gasteiger partial charge < -0.3 is 14.4 Å². The van der Waals surface area contributed by atoms with E-state index < -0.39 is 5.82 Å². The van der Waals surface area contributed by atoms with Gasteiger partial charge in [0.25, 0.3) is 17.4 Å². The van der Waals surface area contributed by atoms with Gasteiger partial charge in [0.15, 0.2) is 0 Å². The Hall–Kier alpha value is -4.84. The van der Waals surface area contributed by atoms with Crippen molar-refractivity contribution in [1.29, 1.82) is 5.26 Å². The topological polar surface area (TPSA) is 110 Å². The normalized spacial score (nSPS) is 10.9. The van der Waals surface area contributed by atoms with E-state index >= 15 is 0 Å². The average molecular weight is 466 g/mol. The number of aromatic nitrogens is 4. The van der Waals surface area contributed by atoms with Gasteiger partial charge in [0.2, 0.25) is 0 Å². The summed E-state index contributed by atoms with van der Waals surface area (Å²) in [6.07, 6.45) is 1.76. The maximum atomic E-state index is 14.3. The minimum atomic E-state index is -0.631. The molecular formula is C26H19FN6O2. The van der Waals surface area contributed by atoms with Crippen LogP contribution in [0.3, 0.4) is 0 Å². The molecule has 0 aliphatic rings. The van der Waals surface area contributed by atoms with Crippen LogP contribution in [-0.2, 0) is 7.05 Å². The second kappa shape index (κ2) is 8.50. The first-order valence-corrected chi connectivity index (χ1v) is 10.7. The summed E-state index contributed by atoms with van der Waals surface area (Å²) in [5.41, 5.74) is 4.65. The van der Waals surface area contributed by atoms with Crippen LogP contribution in [0.15, 0.2) is 64.0 Å². The second-order valence-electron chi connectivity index (χ2n) is 8.19. The number of benzene rings is 2. The summed E-state index contributed by atoms with van der Waals surface area (Å²) in [4.78, 5) is 21.7. The summed E-state index contributed by atoms with van der Waals surface area (Å²) in [6, 6.07) is 15.2. The highest BCUT2D eigenvalue weighted by atomic mass is 19.1. The van der Waals surface area contributed by atoms with Crippen molar-refractivity contribution in [1.82, 2.24) is 19.7 Å². The Morgan fingerprint density at radius 3 is 2.66 bits per heavy atom. The molecule has 0 radical (unpaired) electrons. The molecule has 0 aliphatic carbocycles. The molecule has 5 aromatic rings. The zero-order valence-electron chi connectivity index (χ0n) is 19.1. The molecule has 172 valence electrons. The average Bonchev–Trinajstić information content (AvgIpc) is 3.31. The molecule has 0 fully saturated rings. The van der Waals surface area contributed by atoms with Gasteiger partial charge in [-0.05, 0) is 72.6 Å². The van der Waals surface area contributed by atoms with E-state index in [0.29, 0.717) is 11.3 Å². The molecule has 35 heavy (non-hydrogen) atoms. The molecule has 0 atom stereocenters. The Morgan fingerprint density at radius 1 is 1.06 bits per heavy atom. The van der Waals surface area contributed by atoms with Gasteiger partial charge in [-0.25, -0.2) is 4.39 Å². The maximum absolute atomic E-state index is 14.3. The zero-order valence-corrected chi connectivity index (χ0v) is 19.1. The van der Waals surface area contributed by atoms with Crippen molar-refractivity contribution in [2.24, 2.45) is 7.05 Å². The molecule has 0 aliphatic heterocycles. The predicted molar refractivity (Wildman–Crippen MR) is 130 cm³/mol. The van der Waals surface area contributed by atoms with Crippen molar-refractivity contribution in [3.05, 3.63) is 87.7 Å². The first-order chi connectivity index (χ1) is 16.8. The molecule has 0 saturated carbocycles. The van der Waals surface area contributed by atoms with E-state index in [1.54, 1.807) is 17.8 Å². The van der Waals surface area contributed by atoms with Crippen LogP contribution < -0.4 is 10.9 Å². The number of rotatable bonds is 4. The Kier molecular flexibility index (Phi) is 5.34. The summed E-state index contributed by atoms with van der Waals surface area (Å²) in [5, 5.41) is 16.7. The molecule has 0 saturated heterocycles. The van der Waals surface area contributed by atoms with Gasteiger partial charge in [-0.1, -0.05) is 6.07 Å². The lowest BCUT2D eigenvalue weighted by Crippen LogP contribution is -2.19. The monoisotopic (exact) mass is 466 g/mol. The smallest absolute Gasteiger partial charge is 0.268 e. The van der Waals surface area contributed by atoms with Crippen LogP contribution in [0.4, 0.5) is 16.0 Å². The molecule has 5 rings (SSSR count). The van der Waals surface area contributed by atoms with Crippen LogP contribution in [-0.4, -0.2) is 19.7 Å². The van der Waals surface area contributed by atoms with Gasteiger partial charge in [-0.15, -0.1) is 0 Å². The lowest BCUT2D eigenvalue weighted by atomic mass is 9.99. The summed E-state index contributed by atoms with van der Waals surface area (Å²) in [6.45, 7) is 3.81. The van der Waals surface area contributed by atoms with Crippen molar-refractivity contribution in [3.63, 3.8) is 0 Å². The number of hydrogen-bond donors (Lipinski definition) is 1. The molecule has 0 bridgehead atoms. The molecule has 1 N–H and O–H groups in total. The highest BCUT2D eigenvalue weighted by Crippen LogP contribution is 2.29. The third kappa shape index (κ3) is 4.02. The van der Waals surface area contributed by atoms with Crippen LogP contribution in [0.5, 0.6) is 0 Å². The lowest BCUT2D eigenvalue weighted by molar-refractivity contribution is 0.430. The molecule has 2 aromatic carbocycles. The van der Waals surface area contributed by atoms with E-state index in [9.17, 15) is 9.18 Å². The highest BCUT2D eigenvalue weighted by molar-refractivity contribution is 5.85. The first kappa shape index (κ1) is 22.0. The lowest BCUT2D eigenvalue weighted by Gasteiger charge is -2.12. The van der Waals surface area contributed by atoms with Crippen LogP contribution in [0, 0.1) is 31.0 Å². The molecule has 3 heterocycles. The fraction of sp³-hybridized carbons (Fsp3) is 0.115. The summed E-state index contributed by atoms with van der Waals surface area (Å²) >= 11 is 0. The van der Waals surface area contributed by atoms with Crippen LogP contribution in [0.2, 0.25) is 0 Å². The number of pyridine rings is 2. The zero-order chi connectivity index (χ0) is 24.7. The van der Waals surface area contributed by atoms with Crippen molar-refractivity contribution in [2.75, 3.05) is 5.32 Å². The molecule has 0 amide bonds. The predicted octanol–water partition coefficient (Wildman–Crippen LogP) is 5.02. The van der Waals surface area contributed by atoms with Crippen LogP contribution in [0.25, 0.3) is 33.5 Å². The van der Waals surface area contributed by atoms with Gasteiger partial charge in [-0.2, -0.15) is 10.2 Å². The SMILES string of the molecule is Cc1cc2c(cn1)cc(-c1cc(Nc3noc(-c4ccc(C#N)cc4F)n3)ccc1C)c(=O)n2C.